The summed E-state index contributed by atoms with van der Waals surface area (Å²) in [7, 11) is 0. The molecule has 88 valence electrons. The highest BCUT2D eigenvalue weighted by Gasteiger charge is 2.24. The van der Waals surface area contributed by atoms with Crippen LogP contribution in [0.15, 0.2) is 28.7 Å². The van der Waals surface area contributed by atoms with Crippen molar-refractivity contribution in [2.45, 2.75) is 32.5 Å². The van der Waals surface area contributed by atoms with Crippen molar-refractivity contribution in [3.05, 3.63) is 34.3 Å². The maximum Gasteiger partial charge on any atom is 0.0251 e. The van der Waals surface area contributed by atoms with Crippen molar-refractivity contribution in [1.29, 1.82) is 0 Å². The molecule has 1 saturated heterocycles. The minimum atomic E-state index is 0.607. The molecule has 0 spiro atoms. The summed E-state index contributed by atoms with van der Waals surface area (Å²) < 4.78 is 1.22. The van der Waals surface area contributed by atoms with Gasteiger partial charge in [-0.05, 0) is 25.5 Å². The highest BCUT2D eigenvalue weighted by Crippen LogP contribution is 2.21. The topological polar surface area (TPSA) is 15.3 Å². The maximum atomic E-state index is 3.62. The molecule has 1 aromatic rings. The van der Waals surface area contributed by atoms with Crippen LogP contribution >= 0.6 is 15.9 Å². The summed E-state index contributed by atoms with van der Waals surface area (Å²) in [5.74, 6) is 0. The lowest BCUT2D eigenvalue weighted by atomic mass is 10.1. The number of halogens is 1. The van der Waals surface area contributed by atoms with Crippen molar-refractivity contribution >= 4 is 15.9 Å². The second-order valence-corrected chi connectivity index (χ2v) is 5.47. The average molecular weight is 283 g/mol. The summed E-state index contributed by atoms with van der Waals surface area (Å²) in [4.78, 5) is 2.57. The van der Waals surface area contributed by atoms with E-state index in [2.05, 4.69) is 64.3 Å². The minimum absolute atomic E-state index is 0.607. The molecule has 2 nitrogen and oxygen atoms in total. The fourth-order valence-electron chi connectivity index (χ4n) is 2.31. The SMILES string of the molecule is CC1CNCC(C)N1Cc1ccccc1Br. The van der Waals surface area contributed by atoms with Crippen LogP contribution in [0.4, 0.5) is 0 Å². The summed E-state index contributed by atoms with van der Waals surface area (Å²) in [6, 6.07) is 9.71. The standard InChI is InChI=1S/C13H19BrN2/c1-10-7-15-8-11(2)16(10)9-12-5-3-4-6-13(12)14/h3-6,10-11,15H,7-9H2,1-2H3. The predicted octanol–water partition coefficient (Wildman–Crippen LogP) is 2.63. The molecule has 0 saturated carbocycles. The average Bonchev–Trinajstić information content (AvgIpc) is 2.26. The largest absolute Gasteiger partial charge is 0.314 e. The zero-order valence-electron chi connectivity index (χ0n) is 9.91. The third-order valence-corrected chi connectivity index (χ3v) is 4.10. The number of rotatable bonds is 2. The molecule has 1 aliphatic rings. The molecule has 0 aliphatic carbocycles. The van der Waals surface area contributed by atoms with Crippen molar-refractivity contribution in [2.75, 3.05) is 13.1 Å². The first-order valence-corrected chi connectivity index (χ1v) is 6.67. The molecule has 0 bridgehead atoms. The van der Waals surface area contributed by atoms with Gasteiger partial charge >= 0.3 is 0 Å². The van der Waals surface area contributed by atoms with Crippen molar-refractivity contribution in [3.8, 4) is 0 Å². The molecule has 2 atom stereocenters. The Balaban J connectivity index is 2.11. The van der Waals surface area contributed by atoms with Crippen LogP contribution in [0.3, 0.4) is 0 Å². The van der Waals surface area contributed by atoms with E-state index in [4.69, 9.17) is 0 Å². The minimum Gasteiger partial charge on any atom is -0.314 e. The molecule has 1 aliphatic heterocycles. The van der Waals surface area contributed by atoms with Gasteiger partial charge in [0.1, 0.15) is 0 Å². The Morgan fingerprint density at radius 3 is 2.50 bits per heavy atom. The molecular formula is C13H19BrN2. The van der Waals surface area contributed by atoms with E-state index >= 15 is 0 Å². The molecular weight excluding hydrogens is 264 g/mol. The number of piperazine rings is 1. The Labute approximate surface area is 106 Å². The molecule has 2 rings (SSSR count). The normalized spacial score (nSPS) is 26.9. The number of hydrogen-bond donors (Lipinski definition) is 1. The van der Waals surface area contributed by atoms with E-state index in [1.54, 1.807) is 0 Å². The highest BCUT2D eigenvalue weighted by molar-refractivity contribution is 9.10. The van der Waals surface area contributed by atoms with Crippen LogP contribution in [0.2, 0.25) is 0 Å². The molecule has 1 heterocycles. The quantitative estimate of drug-likeness (QED) is 0.897. The second kappa shape index (κ2) is 5.30. The summed E-state index contributed by atoms with van der Waals surface area (Å²) in [6.07, 6.45) is 0. The van der Waals surface area contributed by atoms with E-state index in [-0.39, 0.29) is 0 Å². The Morgan fingerprint density at radius 2 is 1.88 bits per heavy atom. The Hall–Kier alpha value is -0.380. The Kier molecular flexibility index (Phi) is 4.00. The van der Waals surface area contributed by atoms with Crippen LogP contribution < -0.4 is 5.32 Å². The summed E-state index contributed by atoms with van der Waals surface area (Å²) in [5, 5.41) is 3.46. The second-order valence-electron chi connectivity index (χ2n) is 4.62. The van der Waals surface area contributed by atoms with E-state index < -0.39 is 0 Å². The van der Waals surface area contributed by atoms with Crippen molar-refractivity contribution in [1.82, 2.24) is 10.2 Å². The van der Waals surface area contributed by atoms with Gasteiger partial charge in [0.05, 0.1) is 0 Å². The van der Waals surface area contributed by atoms with Crippen molar-refractivity contribution < 1.29 is 0 Å². The first-order chi connectivity index (χ1) is 7.68. The Bertz CT molecular complexity index is 344. The fraction of sp³-hybridized carbons (Fsp3) is 0.538. The van der Waals surface area contributed by atoms with Crippen molar-refractivity contribution in [2.24, 2.45) is 0 Å². The van der Waals surface area contributed by atoms with Gasteiger partial charge in [0.25, 0.3) is 0 Å². The Morgan fingerprint density at radius 1 is 1.25 bits per heavy atom. The lowest BCUT2D eigenvalue weighted by Gasteiger charge is -2.39. The number of benzene rings is 1. The first-order valence-electron chi connectivity index (χ1n) is 5.88. The third-order valence-electron chi connectivity index (χ3n) is 3.32. The predicted molar refractivity (Wildman–Crippen MR) is 71.5 cm³/mol. The van der Waals surface area contributed by atoms with Crippen LogP contribution in [0, 0.1) is 0 Å². The van der Waals surface area contributed by atoms with Crippen LogP contribution in [-0.2, 0) is 6.54 Å². The van der Waals surface area contributed by atoms with Crippen LogP contribution in [0.25, 0.3) is 0 Å². The van der Waals surface area contributed by atoms with Gasteiger partial charge in [0.15, 0.2) is 0 Å². The third kappa shape index (κ3) is 2.65. The van der Waals surface area contributed by atoms with Gasteiger partial charge in [-0.15, -0.1) is 0 Å². The molecule has 0 radical (unpaired) electrons. The van der Waals surface area contributed by atoms with Crippen LogP contribution in [0.5, 0.6) is 0 Å². The molecule has 1 aromatic carbocycles. The van der Waals surface area contributed by atoms with E-state index in [0.29, 0.717) is 12.1 Å². The van der Waals surface area contributed by atoms with Gasteiger partial charge < -0.3 is 5.32 Å². The van der Waals surface area contributed by atoms with Gasteiger partial charge in [-0.3, -0.25) is 4.90 Å². The number of nitrogens with zero attached hydrogens (tertiary/aromatic N) is 1. The smallest absolute Gasteiger partial charge is 0.0251 e. The van der Waals surface area contributed by atoms with E-state index in [0.717, 1.165) is 19.6 Å². The van der Waals surface area contributed by atoms with Gasteiger partial charge in [-0.1, -0.05) is 34.1 Å². The lowest BCUT2D eigenvalue weighted by Crippen LogP contribution is -2.54. The summed E-state index contributed by atoms with van der Waals surface area (Å²) >= 11 is 3.62. The number of nitrogens with one attached hydrogen (secondary N) is 1. The van der Waals surface area contributed by atoms with Crippen molar-refractivity contribution in [3.63, 3.8) is 0 Å². The monoisotopic (exact) mass is 282 g/mol. The molecule has 2 unspecified atom stereocenters. The summed E-state index contributed by atoms with van der Waals surface area (Å²) in [5.41, 5.74) is 1.38. The number of hydrogen-bond acceptors (Lipinski definition) is 2. The molecule has 1 fully saturated rings. The maximum absolute atomic E-state index is 3.62. The molecule has 16 heavy (non-hydrogen) atoms. The molecule has 0 amide bonds. The lowest BCUT2D eigenvalue weighted by molar-refractivity contribution is 0.108. The zero-order valence-corrected chi connectivity index (χ0v) is 11.5. The van der Waals surface area contributed by atoms with Gasteiger partial charge in [0.2, 0.25) is 0 Å². The van der Waals surface area contributed by atoms with Gasteiger partial charge in [0, 0.05) is 36.2 Å². The van der Waals surface area contributed by atoms with E-state index in [9.17, 15) is 0 Å². The van der Waals surface area contributed by atoms with Gasteiger partial charge in [-0.25, -0.2) is 0 Å². The molecule has 3 heteroatoms. The fourth-order valence-corrected chi connectivity index (χ4v) is 2.72. The van der Waals surface area contributed by atoms with E-state index in [1.165, 1.54) is 10.0 Å². The van der Waals surface area contributed by atoms with Gasteiger partial charge in [-0.2, -0.15) is 0 Å². The zero-order chi connectivity index (χ0) is 11.5. The van der Waals surface area contributed by atoms with Crippen LogP contribution in [0.1, 0.15) is 19.4 Å². The molecule has 1 N–H and O–H groups in total. The first kappa shape index (κ1) is 12.1. The molecule has 0 aromatic heterocycles. The summed E-state index contributed by atoms with van der Waals surface area (Å²) in [6.45, 7) is 7.80. The highest BCUT2D eigenvalue weighted by atomic mass is 79.9. The van der Waals surface area contributed by atoms with Crippen LogP contribution in [-0.4, -0.2) is 30.1 Å². The van der Waals surface area contributed by atoms with E-state index in [1.807, 2.05) is 0 Å².